The van der Waals surface area contributed by atoms with Gasteiger partial charge in [-0.15, -0.1) is 0 Å². The predicted molar refractivity (Wildman–Crippen MR) is 28.0 cm³/mol. The third-order valence-corrected chi connectivity index (χ3v) is 1.93. The molecule has 2 nitrogen and oxygen atoms in total. The lowest BCUT2D eigenvalue weighted by atomic mass is 10.6. The van der Waals surface area contributed by atoms with Crippen molar-refractivity contribution in [3.8, 4) is 0 Å². The Morgan fingerprint density at radius 1 is 1.43 bits per heavy atom. The van der Waals surface area contributed by atoms with Gasteiger partial charge in [0.25, 0.3) is 0 Å². The van der Waals surface area contributed by atoms with Crippen molar-refractivity contribution in [2.45, 2.75) is 6.17 Å². The van der Waals surface area contributed by atoms with E-state index >= 15 is 0 Å². The van der Waals surface area contributed by atoms with Crippen LogP contribution < -0.4 is 0 Å². The molecule has 2 fully saturated rings. The summed E-state index contributed by atoms with van der Waals surface area (Å²) in [5.74, 6) is 0. The monoisotopic (exact) mass is 98.1 g/mol. The molecule has 2 heteroatoms. The van der Waals surface area contributed by atoms with Crippen LogP contribution in [0.5, 0.6) is 0 Å². The van der Waals surface area contributed by atoms with E-state index in [1.165, 1.54) is 19.6 Å². The molecule has 0 amide bonds. The summed E-state index contributed by atoms with van der Waals surface area (Å²) in [6.45, 7) is 3.92. The van der Waals surface area contributed by atoms with Gasteiger partial charge in [0.1, 0.15) is 0 Å². The molecule has 0 spiro atoms. The number of likely N-dealkylation sites (N-methyl/N-ethyl adjacent to an activating group) is 1. The van der Waals surface area contributed by atoms with Crippen LogP contribution in [-0.4, -0.2) is 42.6 Å². The van der Waals surface area contributed by atoms with Crippen molar-refractivity contribution in [3.05, 3.63) is 0 Å². The lowest BCUT2D eigenvalue weighted by Crippen LogP contribution is -2.18. The third kappa shape index (κ3) is 0.409. The van der Waals surface area contributed by atoms with E-state index in [0.717, 1.165) is 6.17 Å². The minimum atomic E-state index is 0.847. The Labute approximate surface area is 43.7 Å². The summed E-state index contributed by atoms with van der Waals surface area (Å²) in [5.41, 5.74) is 0. The quantitative estimate of drug-likeness (QED) is 0.379. The van der Waals surface area contributed by atoms with E-state index in [4.69, 9.17) is 0 Å². The maximum Gasteiger partial charge on any atom is 0.0753 e. The Hall–Kier alpha value is -0.0800. The highest BCUT2D eigenvalue weighted by molar-refractivity contribution is 4.93. The third-order valence-electron chi connectivity index (χ3n) is 1.93. The molecular weight excluding hydrogens is 88.1 g/mol. The van der Waals surface area contributed by atoms with Gasteiger partial charge in [0.2, 0.25) is 0 Å². The molecule has 40 valence electrons. The van der Waals surface area contributed by atoms with Crippen molar-refractivity contribution in [2.75, 3.05) is 26.7 Å². The zero-order valence-corrected chi connectivity index (χ0v) is 4.59. The van der Waals surface area contributed by atoms with Crippen LogP contribution in [0.25, 0.3) is 0 Å². The summed E-state index contributed by atoms with van der Waals surface area (Å²) in [6, 6.07) is 0. The van der Waals surface area contributed by atoms with E-state index in [0.29, 0.717) is 0 Å². The lowest BCUT2D eigenvalue weighted by Gasteiger charge is -2.04. The first-order valence-electron chi connectivity index (χ1n) is 2.82. The van der Waals surface area contributed by atoms with Gasteiger partial charge < -0.3 is 0 Å². The minimum Gasteiger partial charge on any atom is -0.289 e. The first-order chi connectivity index (χ1) is 3.38. The molecule has 2 aliphatic rings. The first kappa shape index (κ1) is 3.87. The van der Waals surface area contributed by atoms with E-state index in [9.17, 15) is 0 Å². The second-order valence-corrected chi connectivity index (χ2v) is 2.46. The standard InChI is InChI=1S/C5H10N2/c1-6-2-3-7-4-5(6)7/h5H,2-4H2,1H3. The molecule has 0 aliphatic carbocycles. The number of rotatable bonds is 0. The van der Waals surface area contributed by atoms with E-state index in [1.54, 1.807) is 0 Å². The molecule has 2 aliphatic heterocycles. The van der Waals surface area contributed by atoms with Crippen LogP contribution in [0.4, 0.5) is 0 Å². The second-order valence-electron chi connectivity index (χ2n) is 2.46. The molecule has 2 rings (SSSR count). The van der Waals surface area contributed by atoms with Crippen LogP contribution in [0.3, 0.4) is 0 Å². The Bertz CT molecular complexity index is 92.1. The summed E-state index contributed by atoms with van der Waals surface area (Å²) in [6.07, 6.45) is 0.847. The fourth-order valence-corrected chi connectivity index (χ4v) is 1.26. The maximum absolute atomic E-state index is 2.47. The number of hydrogen-bond acceptors (Lipinski definition) is 2. The zero-order chi connectivity index (χ0) is 4.85. The molecule has 0 radical (unpaired) electrons. The largest absolute Gasteiger partial charge is 0.289 e. The minimum absolute atomic E-state index is 0.847. The Morgan fingerprint density at radius 2 is 2.29 bits per heavy atom. The molecule has 0 aromatic heterocycles. The van der Waals surface area contributed by atoms with Crippen LogP contribution in [0.2, 0.25) is 0 Å². The Kier molecular flexibility index (Phi) is 0.557. The predicted octanol–water partition coefficient (Wildman–Crippen LogP) is -0.427. The van der Waals surface area contributed by atoms with Gasteiger partial charge in [0.05, 0.1) is 6.17 Å². The van der Waals surface area contributed by atoms with E-state index in [-0.39, 0.29) is 0 Å². The Balaban J connectivity index is 2.08. The number of hydrogen-bond donors (Lipinski definition) is 0. The molecule has 0 aromatic rings. The highest BCUT2D eigenvalue weighted by Gasteiger charge is 2.41. The maximum atomic E-state index is 2.47. The molecule has 0 bridgehead atoms. The van der Waals surface area contributed by atoms with Crippen molar-refractivity contribution >= 4 is 0 Å². The second kappa shape index (κ2) is 1.01. The fraction of sp³-hybridized carbons (Fsp3) is 1.00. The fourth-order valence-electron chi connectivity index (χ4n) is 1.26. The summed E-state index contributed by atoms with van der Waals surface area (Å²) >= 11 is 0. The normalized spacial score (nSPS) is 49.3. The van der Waals surface area contributed by atoms with Crippen molar-refractivity contribution < 1.29 is 0 Å². The highest BCUT2D eigenvalue weighted by Crippen LogP contribution is 2.24. The SMILES string of the molecule is CN1CCN2CC12. The molecule has 2 atom stereocenters. The van der Waals surface area contributed by atoms with E-state index in [1.807, 2.05) is 0 Å². The van der Waals surface area contributed by atoms with Gasteiger partial charge in [-0.05, 0) is 7.05 Å². The van der Waals surface area contributed by atoms with Gasteiger partial charge >= 0.3 is 0 Å². The van der Waals surface area contributed by atoms with Gasteiger partial charge in [0.15, 0.2) is 0 Å². The number of piperazine rings is 1. The molecular formula is C5H10N2. The van der Waals surface area contributed by atoms with Crippen molar-refractivity contribution in [1.29, 1.82) is 0 Å². The van der Waals surface area contributed by atoms with Crippen LogP contribution in [0, 0.1) is 0 Å². The van der Waals surface area contributed by atoms with Gasteiger partial charge in [-0.2, -0.15) is 0 Å². The molecule has 2 heterocycles. The topological polar surface area (TPSA) is 6.25 Å². The summed E-state index contributed by atoms with van der Waals surface area (Å²) in [4.78, 5) is 4.88. The van der Waals surface area contributed by atoms with Crippen molar-refractivity contribution in [1.82, 2.24) is 9.80 Å². The van der Waals surface area contributed by atoms with E-state index < -0.39 is 0 Å². The van der Waals surface area contributed by atoms with Crippen LogP contribution in [0.15, 0.2) is 0 Å². The zero-order valence-electron chi connectivity index (χ0n) is 4.59. The highest BCUT2D eigenvalue weighted by atomic mass is 15.5. The van der Waals surface area contributed by atoms with Gasteiger partial charge in [0, 0.05) is 19.6 Å². The van der Waals surface area contributed by atoms with Crippen LogP contribution in [-0.2, 0) is 0 Å². The average molecular weight is 98.1 g/mol. The molecule has 7 heavy (non-hydrogen) atoms. The molecule has 2 saturated heterocycles. The molecule has 0 N–H and O–H groups in total. The van der Waals surface area contributed by atoms with Crippen molar-refractivity contribution in [2.24, 2.45) is 0 Å². The number of nitrogens with zero attached hydrogens (tertiary/aromatic N) is 2. The first-order valence-corrected chi connectivity index (χ1v) is 2.82. The summed E-state index contributed by atoms with van der Waals surface area (Å²) in [7, 11) is 2.19. The van der Waals surface area contributed by atoms with Crippen LogP contribution >= 0.6 is 0 Å². The molecule has 0 aromatic carbocycles. The number of fused-ring (bicyclic) bond motifs is 1. The van der Waals surface area contributed by atoms with Crippen molar-refractivity contribution in [3.63, 3.8) is 0 Å². The van der Waals surface area contributed by atoms with Gasteiger partial charge in [-0.25, -0.2) is 0 Å². The smallest absolute Gasteiger partial charge is 0.0753 e. The van der Waals surface area contributed by atoms with E-state index in [2.05, 4.69) is 16.8 Å². The summed E-state index contributed by atoms with van der Waals surface area (Å²) < 4.78 is 0. The van der Waals surface area contributed by atoms with Crippen LogP contribution in [0.1, 0.15) is 0 Å². The summed E-state index contributed by atoms with van der Waals surface area (Å²) in [5, 5.41) is 0. The lowest BCUT2D eigenvalue weighted by molar-refractivity contribution is 0.374. The Morgan fingerprint density at radius 3 is 2.43 bits per heavy atom. The van der Waals surface area contributed by atoms with Gasteiger partial charge in [-0.1, -0.05) is 0 Å². The van der Waals surface area contributed by atoms with Gasteiger partial charge in [-0.3, -0.25) is 9.80 Å². The molecule has 0 saturated carbocycles. The molecule has 2 unspecified atom stereocenters. The average Bonchev–Trinajstić information content (AvgIpc) is 2.33.